The van der Waals surface area contributed by atoms with Crippen LogP contribution >= 0.6 is 0 Å². The van der Waals surface area contributed by atoms with E-state index in [-0.39, 0.29) is 35.0 Å². The number of imide groups is 1. The van der Waals surface area contributed by atoms with Gasteiger partial charge in [-0.2, -0.15) is 0 Å². The number of rotatable bonds is 2. The zero-order valence-corrected chi connectivity index (χ0v) is 16.7. The summed E-state index contributed by atoms with van der Waals surface area (Å²) < 4.78 is 0. The third-order valence-electron chi connectivity index (χ3n) is 7.02. The standard InChI is InChI=1S/C25H18N2O4/c1-13-10-11-18(19(12-13)27(30)31)26-24(28)22-20-14-6-2-3-7-15(14)21(23(22)25(26)29)17-9-5-4-8-16(17)20/h2-12,20-23H,1H3. The smallest absolute Gasteiger partial charge is 0.274 e. The molecule has 2 amide bonds. The molecule has 3 aliphatic carbocycles. The molecule has 2 unspecified atom stereocenters. The predicted molar refractivity (Wildman–Crippen MR) is 114 cm³/mol. The highest BCUT2D eigenvalue weighted by Crippen LogP contribution is 2.61. The quantitative estimate of drug-likeness (QED) is 0.358. The van der Waals surface area contributed by atoms with Gasteiger partial charge in [0.2, 0.25) is 11.8 Å². The van der Waals surface area contributed by atoms with Crippen LogP contribution in [0, 0.1) is 28.9 Å². The monoisotopic (exact) mass is 410 g/mol. The van der Waals surface area contributed by atoms with Gasteiger partial charge in [0.05, 0.1) is 16.8 Å². The Morgan fingerprint density at radius 1 is 0.774 bits per heavy atom. The number of carbonyl (C=O) groups excluding carboxylic acids is 2. The Bertz CT molecular complexity index is 1200. The SMILES string of the molecule is Cc1ccc(N2C(=O)C3C4c5ccccc5C(c5ccccc54)C3C2=O)c([N+](=O)[O-])c1. The second kappa shape index (κ2) is 6.11. The van der Waals surface area contributed by atoms with Gasteiger partial charge in [0, 0.05) is 17.9 Å². The molecule has 31 heavy (non-hydrogen) atoms. The maximum atomic E-state index is 13.7. The van der Waals surface area contributed by atoms with Crippen LogP contribution in [0.25, 0.3) is 0 Å². The van der Waals surface area contributed by atoms with Crippen LogP contribution in [0.1, 0.15) is 39.7 Å². The molecule has 0 N–H and O–H groups in total. The predicted octanol–water partition coefficient (Wildman–Crippen LogP) is 4.30. The van der Waals surface area contributed by atoms with E-state index in [2.05, 4.69) is 0 Å². The van der Waals surface area contributed by atoms with E-state index in [0.717, 1.165) is 27.2 Å². The van der Waals surface area contributed by atoms with Crippen molar-refractivity contribution in [1.29, 1.82) is 0 Å². The zero-order chi connectivity index (χ0) is 21.4. The highest BCUT2D eigenvalue weighted by atomic mass is 16.6. The minimum atomic E-state index is -0.553. The van der Waals surface area contributed by atoms with E-state index in [9.17, 15) is 19.7 Å². The molecule has 1 heterocycles. The normalized spacial score (nSPS) is 25.3. The number of carbonyl (C=O) groups is 2. The summed E-state index contributed by atoms with van der Waals surface area (Å²) in [4.78, 5) is 39.7. The minimum Gasteiger partial charge on any atom is -0.274 e. The fraction of sp³-hybridized carbons (Fsp3) is 0.200. The first-order valence-corrected chi connectivity index (χ1v) is 10.3. The summed E-state index contributed by atoms with van der Waals surface area (Å²) in [6.07, 6.45) is 0. The Labute approximate surface area is 178 Å². The van der Waals surface area contributed by atoms with Gasteiger partial charge in [-0.1, -0.05) is 54.6 Å². The molecule has 6 heteroatoms. The number of nitro benzene ring substituents is 1. The van der Waals surface area contributed by atoms with E-state index in [4.69, 9.17) is 0 Å². The van der Waals surface area contributed by atoms with Crippen molar-refractivity contribution in [3.05, 3.63) is 105 Å². The summed E-state index contributed by atoms with van der Waals surface area (Å²) >= 11 is 0. The Morgan fingerprint density at radius 3 is 1.65 bits per heavy atom. The number of benzene rings is 3. The number of anilines is 1. The third kappa shape index (κ3) is 2.22. The van der Waals surface area contributed by atoms with Crippen molar-refractivity contribution in [2.45, 2.75) is 18.8 Å². The van der Waals surface area contributed by atoms with Crippen molar-refractivity contribution >= 4 is 23.2 Å². The van der Waals surface area contributed by atoms with E-state index >= 15 is 0 Å². The molecule has 0 radical (unpaired) electrons. The summed E-state index contributed by atoms with van der Waals surface area (Å²) in [5, 5.41) is 11.7. The molecule has 1 aliphatic heterocycles. The van der Waals surface area contributed by atoms with Crippen molar-refractivity contribution in [2.75, 3.05) is 4.90 Å². The average Bonchev–Trinajstić information content (AvgIpc) is 3.04. The molecule has 0 aromatic heterocycles. The van der Waals surface area contributed by atoms with Gasteiger partial charge < -0.3 is 0 Å². The van der Waals surface area contributed by atoms with Gasteiger partial charge >= 0.3 is 0 Å². The first-order chi connectivity index (χ1) is 15.0. The first-order valence-electron chi connectivity index (χ1n) is 10.3. The van der Waals surface area contributed by atoms with E-state index in [1.807, 2.05) is 48.5 Å². The molecular weight excluding hydrogens is 392 g/mol. The highest BCUT2D eigenvalue weighted by molar-refractivity contribution is 6.24. The Balaban J connectivity index is 1.57. The van der Waals surface area contributed by atoms with Crippen LogP contribution in [-0.2, 0) is 9.59 Å². The lowest BCUT2D eigenvalue weighted by molar-refractivity contribution is -0.384. The van der Waals surface area contributed by atoms with Crippen LogP contribution in [0.4, 0.5) is 11.4 Å². The van der Waals surface area contributed by atoms with E-state index < -0.39 is 16.8 Å². The van der Waals surface area contributed by atoms with Crippen molar-refractivity contribution in [2.24, 2.45) is 11.8 Å². The molecule has 0 saturated carbocycles. The molecule has 2 bridgehead atoms. The summed E-state index contributed by atoms with van der Waals surface area (Å²) in [6, 6.07) is 20.6. The van der Waals surface area contributed by atoms with Crippen molar-refractivity contribution < 1.29 is 14.5 Å². The lowest BCUT2D eigenvalue weighted by Crippen LogP contribution is -2.41. The second-order valence-corrected chi connectivity index (χ2v) is 8.53. The van der Waals surface area contributed by atoms with Gasteiger partial charge in [-0.15, -0.1) is 0 Å². The number of hydrogen-bond acceptors (Lipinski definition) is 4. The van der Waals surface area contributed by atoms with Crippen molar-refractivity contribution in [3.8, 4) is 0 Å². The Kier molecular flexibility index (Phi) is 3.55. The fourth-order valence-corrected chi connectivity index (χ4v) is 5.88. The van der Waals surface area contributed by atoms with Gasteiger partial charge in [-0.25, -0.2) is 4.90 Å². The number of nitro groups is 1. The Morgan fingerprint density at radius 2 is 1.23 bits per heavy atom. The summed E-state index contributed by atoms with van der Waals surface area (Å²) in [6.45, 7) is 1.75. The van der Waals surface area contributed by atoms with E-state index in [1.165, 1.54) is 12.1 Å². The van der Waals surface area contributed by atoms with Gasteiger partial charge in [0.25, 0.3) is 5.69 Å². The van der Waals surface area contributed by atoms with Crippen LogP contribution in [-0.4, -0.2) is 16.7 Å². The number of hydrogen-bond donors (Lipinski definition) is 0. The fourth-order valence-electron chi connectivity index (χ4n) is 5.88. The molecular formula is C25H18N2O4. The van der Waals surface area contributed by atoms with Gasteiger partial charge in [-0.3, -0.25) is 19.7 Å². The van der Waals surface area contributed by atoms with Crippen LogP contribution in [0.15, 0.2) is 66.7 Å². The van der Waals surface area contributed by atoms with Crippen LogP contribution in [0.3, 0.4) is 0 Å². The Hall–Kier alpha value is -3.80. The highest BCUT2D eigenvalue weighted by Gasteiger charge is 2.62. The molecule has 152 valence electrons. The maximum Gasteiger partial charge on any atom is 0.293 e. The lowest BCUT2D eigenvalue weighted by Gasteiger charge is -2.45. The zero-order valence-electron chi connectivity index (χ0n) is 16.7. The van der Waals surface area contributed by atoms with Gasteiger partial charge in [0.15, 0.2) is 0 Å². The molecule has 1 fully saturated rings. The second-order valence-electron chi connectivity index (χ2n) is 8.53. The summed E-state index contributed by atoms with van der Waals surface area (Å²) in [7, 11) is 0. The van der Waals surface area contributed by atoms with Crippen molar-refractivity contribution in [1.82, 2.24) is 0 Å². The van der Waals surface area contributed by atoms with Crippen molar-refractivity contribution in [3.63, 3.8) is 0 Å². The maximum absolute atomic E-state index is 13.7. The molecule has 0 spiro atoms. The first kappa shape index (κ1) is 18.0. The summed E-state index contributed by atoms with van der Waals surface area (Å²) in [5.41, 5.74) is 4.85. The van der Waals surface area contributed by atoms with Crippen LogP contribution in [0.2, 0.25) is 0 Å². The molecule has 1 saturated heterocycles. The number of nitrogens with zero attached hydrogens (tertiary/aromatic N) is 2. The largest absolute Gasteiger partial charge is 0.293 e. The molecule has 2 atom stereocenters. The molecule has 3 aromatic carbocycles. The number of amides is 2. The topological polar surface area (TPSA) is 80.5 Å². The lowest BCUT2D eigenvalue weighted by atomic mass is 9.55. The van der Waals surface area contributed by atoms with E-state index in [1.54, 1.807) is 13.0 Å². The molecule has 3 aromatic rings. The molecule has 6 nitrogen and oxygen atoms in total. The molecule has 4 aliphatic rings. The number of aryl methyl sites for hydroxylation is 1. The van der Waals surface area contributed by atoms with Crippen LogP contribution in [0.5, 0.6) is 0 Å². The van der Waals surface area contributed by atoms with E-state index in [0.29, 0.717) is 5.56 Å². The third-order valence-corrected chi connectivity index (χ3v) is 7.02. The average molecular weight is 410 g/mol. The van der Waals surface area contributed by atoms with Gasteiger partial charge in [-0.05, 0) is 40.8 Å². The van der Waals surface area contributed by atoms with Gasteiger partial charge in [0.1, 0.15) is 5.69 Å². The summed E-state index contributed by atoms with van der Waals surface area (Å²) in [5.74, 6) is -2.25. The molecule has 7 rings (SSSR count). The van der Waals surface area contributed by atoms with Crippen LogP contribution < -0.4 is 4.90 Å². The minimum absolute atomic E-state index is 0.0625.